The molecule has 20 heavy (non-hydrogen) atoms. The molecule has 0 atom stereocenters. The molecule has 2 aromatic carbocycles. The summed E-state index contributed by atoms with van der Waals surface area (Å²) in [6, 6.07) is 9.25. The van der Waals surface area contributed by atoms with Gasteiger partial charge < -0.3 is 4.74 Å². The molecule has 0 saturated carbocycles. The number of ketones is 1. The Kier molecular flexibility index (Phi) is 4.13. The maximum Gasteiger partial charge on any atom is 0.173 e. The molecule has 2 aromatic rings. The lowest BCUT2D eigenvalue weighted by atomic mass is 10.0. The average Bonchev–Trinajstić information content (AvgIpc) is 2.40. The van der Waals surface area contributed by atoms with Crippen molar-refractivity contribution in [3.8, 4) is 5.75 Å². The van der Waals surface area contributed by atoms with Crippen LogP contribution in [0, 0.1) is 18.6 Å². The standard InChI is InChI=1S/C16H14F2O2/c1-10-3-5-11(6-4-10)7-15(19)16-13(17)8-12(20-2)9-14(16)18/h3-6,8-9H,7H2,1-2H3. The zero-order chi connectivity index (χ0) is 14.7. The minimum atomic E-state index is -0.904. The fourth-order valence-electron chi connectivity index (χ4n) is 1.91. The smallest absolute Gasteiger partial charge is 0.173 e. The fraction of sp³-hybridized carbons (Fsp3) is 0.188. The molecule has 4 heteroatoms. The van der Waals surface area contributed by atoms with Gasteiger partial charge in [-0.15, -0.1) is 0 Å². The number of halogens is 2. The van der Waals surface area contributed by atoms with Gasteiger partial charge in [-0.1, -0.05) is 29.8 Å². The van der Waals surface area contributed by atoms with Crippen molar-refractivity contribution >= 4 is 5.78 Å². The minimum Gasteiger partial charge on any atom is -0.497 e. The van der Waals surface area contributed by atoms with Gasteiger partial charge in [0.15, 0.2) is 5.78 Å². The number of carbonyl (C=O) groups excluding carboxylic acids is 1. The molecule has 104 valence electrons. The predicted octanol–water partition coefficient (Wildman–Crippen LogP) is 3.71. The quantitative estimate of drug-likeness (QED) is 0.796. The number of rotatable bonds is 4. The summed E-state index contributed by atoms with van der Waals surface area (Å²) >= 11 is 0. The van der Waals surface area contributed by atoms with Crippen LogP contribution in [0.2, 0.25) is 0 Å². The first-order valence-corrected chi connectivity index (χ1v) is 6.13. The summed E-state index contributed by atoms with van der Waals surface area (Å²) in [6.07, 6.45) is -0.0412. The Hall–Kier alpha value is -2.23. The molecule has 0 aliphatic rings. The van der Waals surface area contributed by atoms with Gasteiger partial charge in [0.1, 0.15) is 17.4 Å². The first-order valence-electron chi connectivity index (χ1n) is 6.13. The number of aryl methyl sites for hydroxylation is 1. The van der Waals surface area contributed by atoms with E-state index in [1.165, 1.54) is 7.11 Å². The van der Waals surface area contributed by atoms with Crippen molar-refractivity contribution in [2.24, 2.45) is 0 Å². The molecule has 0 aliphatic heterocycles. The molecular weight excluding hydrogens is 262 g/mol. The van der Waals surface area contributed by atoms with Gasteiger partial charge in [-0.2, -0.15) is 0 Å². The van der Waals surface area contributed by atoms with Crippen molar-refractivity contribution < 1.29 is 18.3 Å². The first kappa shape index (κ1) is 14.2. The van der Waals surface area contributed by atoms with Crippen molar-refractivity contribution in [2.45, 2.75) is 13.3 Å². The van der Waals surface area contributed by atoms with Crippen LogP contribution in [0.25, 0.3) is 0 Å². The number of hydrogen-bond acceptors (Lipinski definition) is 2. The van der Waals surface area contributed by atoms with E-state index in [1.807, 2.05) is 19.1 Å². The van der Waals surface area contributed by atoms with Gasteiger partial charge in [0.2, 0.25) is 0 Å². The molecule has 0 bridgehead atoms. The molecule has 0 heterocycles. The summed E-state index contributed by atoms with van der Waals surface area (Å²) in [5.74, 6) is -2.35. The van der Waals surface area contributed by atoms with Crippen molar-refractivity contribution in [1.82, 2.24) is 0 Å². The topological polar surface area (TPSA) is 26.3 Å². The van der Waals surface area contributed by atoms with E-state index in [2.05, 4.69) is 0 Å². The molecule has 0 radical (unpaired) electrons. The highest BCUT2D eigenvalue weighted by Crippen LogP contribution is 2.22. The minimum absolute atomic E-state index is 0.0412. The summed E-state index contributed by atoms with van der Waals surface area (Å²) < 4.78 is 32.3. The van der Waals surface area contributed by atoms with E-state index in [9.17, 15) is 13.6 Å². The summed E-state index contributed by atoms with van der Waals surface area (Å²) in [5.41, 5.74) is 1.25. The van der Waals surface area contributed by atoms with E-state index in [4.69, 9.17) is 4.74 Å². The first-order chi connectivity index (χ1) is 9.51. The second-order valence-electron chi connectivity index (χ2n) is 4.55. The normalized spacial score (nSPS) is 10.4. The maximum atomic E-state index is 13.8. The monoisotopic (exact) mass is 276 g/mol. The zero-order valence-corrected chi connectivity index (χ0v) is 11.2. The molecule has 0 aromatic heterocycles. The summed E-state index contributed by atoms with van der Waals surface area (Å²) in [6.45, 7) is 1.93. The van der Waals surface area contributed by atoms with Crippen LogP contribution < -0.4 is 4.74 Å². The lowest BCUT2D eigenvalue weighted by molar-refractivity contribution is 0.0985. The Morgan fingerprint density at radius 1 is 1.10 bits per heavy atom. The summed E-state index contributed by atoms with van der Waals surface area (Å²) in [5, 5.41) is 0. The van der Waals surface area contributed by atoms with Gasteiger partial charge in [-0.25, -0.2) is 8.78 Å². The molecule has 0 unspecified atom stereocenters. The van der Waals surface area contributed by atoms with Crippen LogP contribution in [0.5, 0.6) is 5.75 Å². The Balaban J connectivity index is 2.27. The zero-order valence-electron chi connectivity index (χ0n) is 11.2. The van der Waals surface area contributed by atoms with Gasteiger partial charge in [0.25, 0.3) is 0 Å². The lowest BCUT2D eigenvalue weighted by Crippen LogP contribution is -2.09. The van der Waals surface area contributed by atoms with Crippen LogP contribution in [-0.4, -0.2) is 12.9 Å². The highest BCUT2D eigenvalue weighted by molar-refractivity contribution is 5.98. The van der Waals surface area contributed by atoms with Crippen molar-refractivity contribution in [3.63, 3.8) is 0 Å². The third-order valence-electron chi connectivity index (χ3n) is 3.02. The second-order valence-corrected chi connectivity index (χ2v) is 4.55. The fourth-order valence-corrected chi connectivity index (χ4v) is 1.91. The molecule has 2 rings (SSSR count). The molecule has 2 nitrogen and oxygen atoms in total. The van der Waals surface area contributed by atoms with Crippen molar-refractivity contribution in [1.29, 1.82) is 0 Å². The van der Waals surface area contributed by atoms with Crippen molar-refractivity contribution in [3.05, 3.63) is 64.7 Å². The molecule has 0 saturated heterocycles. The van der Waals surface area contributed by atoms with Gasteiger partial charge >= 0.3 is 0 Å². The predicted molar refractivity (Wildman–Crippen MR) is 72.1 cm³/mol. The Labute approximate surface area is 116 Å². The van der Waals surface area contributed by atoms with Gasteiger partial charge in [-0.05, 0) is 12.5 Å². The van der Waals surface area contributed by atoms with E-state index in [1.54, 1.807) is 12.1 Å². The number of Topliss-reactive ketones (excluding diaryl/α,β-unsaturated/α-hetero) is 1. The average molecular weight is 276 g/mol. The molecule has 0 spiro atoms. The number of ether oxygens (including phenoxy) is 1. The van der Waals surface area contributed by atoms with Gasteiger partial charge in [0.05, 0.1) is 12.7 Å². The third-order valence-corrected chi connectivity index (χ3v) is 3.02. The molecule has 0 fully saturated rings. The number of methoxy groups -OCH3 is 1. The summed E-state index contributed by atoms with van der Waals surface area (Å²) in [4.78, 5) is 12.0. The van der Waals surface area contributed by atoms with Crippen LogP contribution in [0.15, 0.2) is 36.4 Å². The number of benzene rings is 2. The van der Waals surface area contributed by atoms with E-state index < -0.39 is 23.0 Å². The van der Waals surface area contributed by atoms with E-state index >= 15 is 0 Å². The third kappa shape index (κ3) is 3.02. The largest absolute Gasteiger partial charge is 0.497 e. The van der Waals surface area contributed by atoms with E-state index in [-0.39, 0.29) is 12.2 Å². The molecule has 0 aliphatic carbocycles. The molecule has 0 N–H and O–H groups in total. The lowest BCUT2D eigenvalue weighted by Gasteiger charge is -2.07. The SMILES string of the molecule is COc1cc(F)c(C(=O)Cc2ccc(C)cc2)c(F)c1. The highest BCUT2D eigenvalue weighted by atomic mass is 19.1. The molecule has 0 amide bonds. The van der Waals surface area contributed by atoms with Gasteiger partial charge in [0, 0.05) is 18.6 Å². The maximum absolute atomic E-state index is 13.8. The van der Waals surface area contributed by atoms with E-state index in [0.717, 1.165) is 23.3 Å². The second kappa shape index (κ2) is 5.82. The van der Waals surface area contributed by atoms with Crippen LogP contribution in [0.3, 0.4) is 0 Å². The number of carbonyl (C=O) groups is 1. The summed E-state index contributed by atoms with van der Waals surface area (Å²) in [7, 11) is 1.31. The highest BCUT2D eigenvalue weighted by Gasteiger charge is 2.19. The molecular formula is C16H14F2O2. The Morgan fingerprint density at radius 2 is 1.65 bits per heavy atom. The Morgan fingerprint density at radius 3 is 2.15 bits per heavy atom. The van der Waals surface area contributed by atoms with Crippen LogP contribution in [0.4, 0.5) is 8.78 Å². The van der Waals surface area contributed by atoms with E-state index in [0.29, 0.717) is 0 Å². The Bertz CT molecular complexity index is 610. The number of hydrogen-bond donors (Lipinski definition) is 0. The van der Waals surface area contributed by atoms with Crippen molar-refractivity contribution in [2.75, 3.05) is 7.11 Å². The van der Waals surface area contributed by atoms with Crippen LogP contribution in [0.1, 0.15) is 21.5 Å². The van der Waals surface area contributed by atoms with Crippen LogP contribution in [-0.2, 0) is 6.42 Å². The van der Waals surface area contributed by atoms with Gasteiger partial charge in [-0.3, -0.25) is 4.79 Å². The van der Waals surface area contributed by atoms with Crippen LogP contribution >= 0.6 is 0 Å².